The second-order valence-corrected chi connectivity index (χ2v) is 19.7. The van der Waals surface area contributed by atoms with E-state index in [1.165, 1.54) is 55.9 Å². The molecule has 0 heterocycles. The van der Waals surface area contributed by atoms with E-state index in [0.717, 1.165) is 56.0 Å². The quantitative estimate of drug-likeness (QED) is 0.175. The van der Waals surface area contributed by atoms with Crippen molar-refractivity contribution in [1.82, 2.24) is 0 Å². The van der Waals surface area contributed by atoms with Gasteiger partial charge in [-0.15, -0.1) is 0 Å². The summed E-state index contributed by atoms with van der Waals surface area (Å²) in [5, 5.41) is 0. The first-order valence-electron chi connectivity index (χ1n) is 17.8. The van der Waals surface area contributed by atoms with Crippen molar-refractivity contribution < 1.29 is 9.60 Å². The molecule has 2 unspecified atom stereocenters. The summed E-state index contributed by atoms with van der Waals surface area (Å²) in [6.07, 6.45) is 11.9. The molecule has 2 atom stereocenters. The van der Waals surface area contributed by atoms with Crippen LogP contribution in [0.15, 0.2) is 0 Å². The third kappa shape index (κ3) is 11.9. The molecule has 0 aliphatic heterocycles. The zero-order chi connectivity index (χ0) is 28.4. The van der Waals surface area contributed by atoms with Gasteiger partial charge in [0.2, 0.25) is 0 Å². The van der Waals surface area contributed by atoms with E-state index in [0.29, 0.717) is 48.3 Å². The topological polar surface area (TPSA) is 0 Å². The lowest BCUT2D eigenvalue weighted by Gasteiger charge is -2.39. The molecule has 2 heteroatoms. The fourth-order valence-corrected chi connectivity index (χ4v) is 16.2. The normalized spacial score (nSPS) is 17.2. The summed E-state index contributed by atoms with van der Waals surface area (Å²) >= 11 is 0. The fourth-order valence-electron chi connectivity index (χ4n) is 5.87. The van der Waals surface area contributed by atoms with Gasteiger partial charge in [0.25, 0.3) is 0 Å². The average Bonchev–Trinajstić information content (AvgIpc) is 2.92. The molecular weight excluding hydrogens is 392 g/mol. The van der Waals surface area contributed by atoms with Crippen LogP contribution >= 0.6 is 0 Å². The summed E-state index contributed by atoms with van der Waals surface area (Å²) < 4.78 is 51.9. The van der Waals surface area contributed by atoms with Crippen molar-refractivity contribution in [3.63, 3.8) is 0 Å². The molecule has 0 radical (unpaired) electrons. The third-order valence-electron chi connectivity index (χ3n) is 7.46. The van der Waals surface area contributed by atoms with Crippen LogP contribution < -0.4 is 0 Å². The standard InChI is InChI=1S/C15H34Si.C13H30Si/c1-6-11-15(10-5)16(12-7-2,13-8-3)14-9-4;1-6-10-13(9-4)14(5,11-7-2)12-8-3/h15H,6-14H2,1-5H3;13H,6-12H2,1-5H3/i1T,2T,3T,4T;1T,2T,3T. The molecule has 0 fully saturated rings. The molecule has 0 aliphatic carbocycles. The monoisotopic (exact) mass is 471 g/mol. The zero-order valence-corrected chi connectivity index (χ0v) is 23.4. The minimum atomic E-state index is -1.47. The predicted octanol–water partition coefficient (Wildman–Crippen LogP) is 11.7. The number of hydrogen-bond acceptors (Lipinski definition) is 0. The van der Waals surface area contributed by atoms with Crippen LogP contribution in [0.4, 0.5) is 0 Å². The zero-order valence-electron chi connectivity index (χ0n) is 28.4. The summed E-state index contributed by atoms with van der Waals surface area (Å²) in [7, 11) is -2.75. The first-order valence-corrected chi connectivity index (χ1v) is 18.6. The first kappa shape index (κ1) is 21.0. The molecule has 0 aromatic rings. The van der Waals surface area contributed by atoms with Gasteiger partial charge in [-0.05, 0) is 11.1 Å². The highest BCUT2D eigenvalue weighted by Crippen LogP contribution is 2.41. The SMILES string of the molecule is [3H]CCCC(CC)[Si](C)(CCC[3H])CCC[3H].[3H]CCCC(CC)[Si](CCC[3H])(CCC[3H])CCC[3H]. The molecule has 0 spiro atoms. The first-order chi connectivity index (χ1) is 17.8. The maximum absolute atomic E-state index is 7.49. The van der Waals surface area contributed by atoms with Gasteiger partial charge < -0.3 is 0 Å². The summed E-state index contributed by atoms with van der Waals surface area (Å²) in [4.78, 5) is 0. The van der Waals surface area contributed by atoms with E-state index < -0.39 is 16.1 Å². The average molecular weight is 471 g/mol. The van der Waals surface area contributed by atoms with E-state index in [4.69, 9.17) is 9.60 Å². The van der Waals surface area contributed by atoms with Crippen molar-refractivity contribution in [2.24, 2.45) is 0 Å². The molecule has 0 amide bonds. The highest BCUT2D eigenvalue weighted by atomic mass is 28.3. The Labute approximate surface area is 206 Å². The summed E-state index contributed by atoms with van der Waals surface area (Å²) in [6, 6.07) is 6.16. The van der Waals surface area contributed by atoms with Gasteiger partial charge >= 0.3 is 0 Å². The van der Waals surface area contributed by atoms with E-state index in [-0.39, 0.29) is 0 Å². The van der Waals surface area contributed by atoms with Crippen LogP contribution in [0.3, 0.4) is 0 Å². The van der Waals surface area contributed by atoms with Gasteiger partial charge in [0.1, 0.15) is 0 Å². The van der Waals surface area contributed by atoms with Crippen molar-refractivity contribution >= 4 is 16.1 Å². The Kier molecular flexibility index (Phi) is 14.0. The summed E-state index contributed by atoms with van der Waals surface area (Å²) in [6.45, 7) is 10.8. The Bertz CT molecular complexity index is 442. The fraction of sp³-hybridized carbons (Fsp3) is 1.00. The molecule has 0 saturated heterocycles. The molecule has 0 N–H and O–H groups in total. The van der Waals surface area contributed by atoms with Crippen molar-refractivity contribution in [2.75, 3.05) is 0 Å². The van der Waals surface area contributed by atoms with Gasteiger partial charge in [-0.1, -0.05) is 170 Å². The largest absolute Gasteiger partial charge is 0.0689 e. The smallest absolute Gasteiger partial charge is 0.0566 e. The van der Waals surface area contributed by atoms with Gasteiger partial charge in [-0.25, -0.2) is 0 Å². The minimum Gasteiger partial charge on any atom is -0.0689 e. The van der Waals surface area contributed by atoms with Crippen molar-refractivity contribution in [3.05, 3.63) is 0 Å². The van der Waals surface area contributed by atoms with Gasteiger partial charge in [0, 0.05) is 9.60 Å². The number of hydrogen-bond donors (Lipinski definition) is 0. The van der Waals surface area contributed by atoms with Gasteiger partial charge in [0.15, 0.2) is 0 Å². The third-order valence-corrected chi connectivity index (χ3v) is 19.6. The Balaban J connectivity index is 0. The van der Waals surface area contributed by atoms with Crippen LogP contribution in [-0.4, -0.2) is 16.1 Å². The van der Waals surface area contributed by atoms with Crippen LogP contribution in [-0.2, 0) is 0 Å². The van der Waals surface area contributed by atoms with Crippen LogP contribution in [0.5, 0.6) is 0 Å². The molecule has 0 aromatic carbocycles. The minimum absolute atomic E-state index is 0.519. The van der Waals surface area contributed by atoms with E-state index in [1.54, 1.807) is 0 Å². The predicted molar refractivity (Wildman–Crippen MR) is 151 cm³/mol. The second-order valence-electron chi connectivity index (χ2n) is 9.53. The molecule has 30 heavy (non-hydrogen) atoms. The lowest BCUT2D eigenvalue weighted by molar-refractivity contribution is 0.652. The molecule has 184 valence electrons. The van der Waals surface area contributed by atoms with Crippen LogP contribution in [0.2, 0.25) is 47.8 Å². The maximum atomic E-state index is 7.49. The Hall–Kier alpha value is 0.434. The van der Waals surface area contributed by atoms with E-state index >= 15 is 0 Å². The van der Waals surface area contributed by atoms with Crippen molar-refractivity contribution in [2.45, 2.75) is 181 Å². The van der Waals surface area contributed by atoms with Gasteiger partial charge in [-0.2, -0.15) is 0 Å². The van der Waals surface area contributed by atoms with Crippen LogP contribution in [0.1, 0.15) is 142 Å². The molecule has 0 rings (SSSR count). The molecule has 0 aromatic heterocycles. The Morgan fingerprint density at radius 1 is 0.533 bits per heavy atom. The second kappa shape index (κ2) is 20.1. The Morgan fingerprint density at radius 3 is 1.27 bits per heavy atom. The van der Waals surface area contributed by atoms with Gasteiger partial charge in [-0.3, -0.25) is 0 Å². The molecule has 0 aliphatic rings. The molecule has 0 saturated carbocycles. The lowest BCUT2D eigenvalue weighted by atomic mass is 10.2. The van der Waals surface area contributed by atoms with Gasteiger partial charge in [0.05, 0.1) is 16.1 Å². The Morgan fingerprint density at radius 2 is 0.900 bits per heavy atom. The molecular formula is C28H64Si2. The highest BCUT2D eigenvalue weighted by Gasteiger charge is 2.36. The summed E-state index contributed by atoms with van der Waals surface area (Å²) in [5.74, 6) is 0. The molecule has 0 nitrogen and oxygen atoms in total. The van der Waals surface area contributed by atoms with Crippen molar-refractivity contribution in [1.29, 1.82) is 0 Å². The van der Waals surface area contributed by atoms with Crippen molar-refractivity contribution in [3.8, 4) is 0 Å². The lowest BCUT2D eigenvalue weighted by Crippen LogP contribution is -2.39. The van der Waals surface area contributed by atoms with E-state index in [2.05, 4.69) is 20.4 Å². The number of rotatable bonds is 18. The van der Waals surface area contributed by atoms with E-state index in [1.807, 2.05) is 0 Å². The highest BCUT2D eigenvalue weighted by molar-refractivity contribution is 6.81. The molecule has 0 bridgehead atoms. The maximum Gasteiger partial charge on any atom is 0.0566 e. The van der Waals surface area contributed by atoms with E-state index in [9.17, 15) is 0 Å². The van der Waals surface area contributed by atoms with Crippen LogP contribution in [0, 0.1) is 0 Å². The summed E-state index contributed by atoms with van der Waals surface area (Å²) in [5.41, 5.74) is 1.56. The van der Waals surface area contributed by atoms with Crippen LogP contribution in [0.25, 0.3) is 0 Å².